The zero-order valence-corrected chi connectivity index (χ0v) is 16.2. The number of piperazine rings is 1. The lowest BCUT2D eigenvalue weighted by atomic mass is 10.2. The molecule has 0 aromatic carbocycles. The molecule has 2 heterocycles. The van der Waals surface area contributed by atoms with Crippen LogP contribution < -0.4 is 5.32 Å². The largest absolute Gasteiger partial charge is 0.373 e. The van der Waals surface area contributed by atoms with Gasteiger partial charge >= 0.3 is 0 Å². The van der Waals surface area contributed by atoms with Gasteiger partial charge in [-0.15, -0.1) is 6.58 Å². The molecule has 3 unspecified atom stereocenters. The number of amides is 1. The normalized spacial score (nSPS) is 28.4. The third-order valence-electron chi connectivity index (χ3n) is 4.66. The van der Waals surface area contributed by atoms with Crippen LogP contribution >= 0.6 is 0 Å². The summed E-state index contributed by atoms with van der Waals surface area (Å²) < 4.78 is 34.4. The van der Waals surface area contributed by atoms with E-state index in [2.05, 4.69) is 11.9 Å². The zero-order valence-electron chi connectivity index (χ0n) is 15.3. The van der Waals surface area contributed by atoms with Crippen molar-refractivity contribution in [3.05, 3.63) is 12.7 Å². The lowest BCUT2D eigenvalue weighted by Crippen LogP contribution is -2.59. The van der Waals surface area contributed by atoms with Gasteiger partial charge in [-0.1, -0.05) is 6.08 Å². The Morgan fingerprint density at radius 3 is 2.28 bits per heavy atom. The Morgan fingerprint density at radius 2 is 1.76 bits per heavy atom. The standard InChI is InChI=1S/C16H30N4O4S/c1-5-6-17-16(21)15(4)18-7-9-19(10-8-18)25(22,23)20-11-13(2)24-14(3)12-20/h5,13-15H,1,6-12H2,2-4H3,(H,17,21). The van der Waals surface area contributed by atoms with Crippen LogP contribution in [0.4, 0.5) is 0 Å². The van der Waals surface area contributed by atoms with Crippen molar-refractivity contribution in [2.75, 3.05) is 45.8 Å². The number of carbonyl (C=O) groups is 1. The highest BCUT2D eigenvalue weighted by Crippen LogP contribution is 2.19. The van der Waals surface area contributed by atoms with E-state index in [1.807, 2.05) is 25.7 Å². The molecule has 0 spiro atoms. The van der Waals surface area contributed by atoms with Gasteiger partial charge in [0.15, 0.2) is 0 Å². The Hall–Kier alpha value is -1.00. The molecule has 2 rings (SSSR count). The lowest BCUT2D eigenvalue weighted by Gasteiger charge is -2.41. The molecule has 2 fully saturated rings. The minimum atomic E-state index is -3.49. The summed E-state index contributed by atoms with van der Waals surface area (Å²) in [5.74, 6) is -0.0629. The van der Waals surface area contributed by atoms with E-state index in [0.717, 1.165) is 0 Å². The Bertz CT molecular complexity index is 565. The maximum Gasteiger partial charge on any atom is 0.282 e. The summed E-state index contributed by atoms with van der Waals surface area (Å²) in [6.45, 7) is 12.3. The van der Waals surface area contributed by atoms with E-state index in [1.54, 1.807) is 6.08 Å². The molecule has 0 bridgehead atoms. The molecule has 8 nitrogen and oxygen atoms in total. The predicted octanol–water partition coefficient (Wildman–Crippen LogP) is -0.351. The van der Waals surface area contributed by atoms with Gasteiger partial charge in [0, 0.05) is 45.8 Å². The van der Waals surface area contributed by atoms with Crippen molar-refractivity contribution in [1.29, 1.82) is 0 Å². The summed E-state index contributed by atoms with van der Waals surface area (Å²) in [5, 5.41) is 2.78. The highest BCUT2D eigenvalue weighted by molar-refractivity contribution is 7.86. The summed E-state index contributed by atoms with van der Waals surface area (Å²) in [6, 6.07) is -0.284. The van der Waals surface area contributed by atoms with Gasteiger partial charge in [0.1, 0.15) is 0 Å². The van der Waals surface area contributed by atoms with E-state index in [-0.39, 0.29) is 24.2 Å². The number of morpholine rings is 1. The van der Waals surface area contributed by atoms with Crippen molar-refractivity contribution in [3.8, 4) is 0 Å². The fourth-order valence-corrected chi connectivity index (χ4v) is 5.04. The first kappa shape index (κ1) is 20.3. The molecule has 144 valence electrons. The topological polar surface area (TPSA) is 82.2 Å². The second-order valence-electron chi connectivity index (χ2n) is 6.73. The number of ether oxygens (including phenoxy) is 1. The lowest BCUT2D eigenvalue weighted by molar-refractivity contribution is -0.126. The molecule has 9 heteroatoms. The summed E-state index contributed by atoms with van der Waals surface area (Å²) in [4.78, 5) is 14.1. The third-order valence-corrected chi connectivity index (χ3v) is 6.63. The summed E-state index contributed by atoms with van der Waals surface area (Å²) in [5.41, 5.74) is 0. The van der Waals surface area contributed by atoms with E-state index >= 15 is 0 Å². The molecule has 0 aromatic rings. The number of rotatable bonds is 6. The average molecular weight is 375 g/mol. The van der Waals surface area contributed by atoms with Gasteiger partial charge in [0.25, 0.3) is 10.2 Å². The quantitative estimate of drug-likeness (QED) is 0.643. The first-order valence-corrected chi connectivity index (χ1v) is 10.2. The van der Waals surface area contributed by atoms with Gasteiger partial charge in [0.2, 0.25) is 5.91 Å². The Kier molecular flexibility index (Phi) is 6.98. The average Bonchev–Trinajstić information content (AvgIpc) is 2.58. The number of hydrogen-bond donors (Lipinski definition) is 1. The molecule has 1 N–H and O–H groups in total. The maximum atomic E-state index is 12.9. The molecular weight excluding hydrogens is 344 g/mol. The second kappa shape index (κ2) is 8.59. The van der Waals surface area contributed by atoms with Crippen LogP contribution in [0.15, 0.2) is 12.7 Å². The van der Waals surface area contributed by atoms with Crippen molar-refractivity contribution in [2.45, 2.75) is 39.0 Å². The molecule has 0 aliphatic carbocycles. The molecule has 3 atom stereocenters. The van der Waals surface area contributed by atoms with Crippen LogP contribution in [-0.4, -0.2) is 91.9 Å². The van der Waals surface area contributed by atoms with Crippen molar-refractivity contribution < 1.29 is 17.9 Å². The molecule has 25 heavy (non-hydrogen) atoms. The number of carbonyl (C=O) groups excluding carboxylic acids is 1. The molecule has 2 saturated heterocycles. The molecule has 1 amide bonds. The second-order valence-corrected chi connectivity index (χ2v) is 8.66. The Morgan fingerprint density at radius 1 is 1.20 bits per heavy atom. The van der Waals surface area contributed by atoms with E-state index in [1.165, 1.54) is 8.61 Å². The van der Waals surface area contributed by atoms with Crippen LogP contribution in [0.2, 0.25) is 0 Å². The molecule has 2 aliphatic rings. The summed E-state index contributed by atoms with van der Waals surface area (Å²) in [7, 11) is -3.49. The van der Waals surface area contributed by atoms with Crippen molar-refractivity contribution in [2.24, 2.45) is 0 Å². The van der Waals surface area contributed by atoms with Crippen molar-refractivity contribution in [3.63, 3.8) is 0 Å². The van der Waals surface area contributed by atoms with Gasteiger partial charge in [-0.25, -0.2) is 0 Å². The maximum absolute atomic E-state index is 12.9. The molecule has 0 radical (unpaired) electrons. The summed E-state index contributed by atoms with van der Waals surface area (Å²) in [6.07, 6.45) is 1.43. The molecular formula is C16H30N4O4S. The number of nitrogens with zero attached hydrogens (tertiary/aromatic N) is 3. The molecule has 0 aromatic heterocycles. The third kappa shape index (κ3) is 5.01. The minimum absolute atomic E-state index is 0.0629. The van der Waals surface area contributed by atoms with Crippen LogP contribution in [0.5, 0.6) is 0 Å². The van der Waals surface area contributed by atoms with Crippen LogP contribution in [0, 0.1) is 0 Å². The highest BCUT2D eigenvalue weighted by atomic mass is 32.2. The zero-order chi connectivity index (χ0) is 18.6. The van der Waals surface area contributed by atoms with Crippen molar-refractivity contribution in [1.82, 2.24) is 18.8 Å². The summed E-state index contributed by atoms with van der Waals surface area (Å²) >= 11 is 0. The smallest absolute Gasteiger partial charge is 0.282 e. The van der Waals surface area contributed by atoms with Gasteiger partial charge in [-0.05, 0) is 20.8 Å². The van der Waals surface area contributed by atoms with Gasteiger partial charge in [-0.3, -0.25) is 9.69 Å². The first-order valence-electron chi connectivity index (χ1n) is 8.79. The fraction of sp³-hybridized carbons (Fsp3) is 0.812. The van der Waals surface area contributed by atoms with Crippen LogP contribution in [0.1, 0.15) is 20.8 Å². The van der Waals surface area contributed by atoms with E-state index < -0.39 is 10.2 Å². The van der Waals surface area contributed by atoms with E-state index in [0.29, 0.717) is 45.8 Å². The van der Waals surface area contributed by atoms with Crippen LogP contribution in [0.3, 0.4) is 0 Å². The van der Waals surface area contributed by atoms with Crippen LogP contribution in [-0.2, 0) is 19.7 Å². The van der Waals surface area contributed by atoms with Gasteiger partial charge in [0.05, 0.1) is 18.2 Å². The SMILES string of the molecule is C=CCNC(=O)C(C)N1CCN(S(=O)(=O)N2CC(C)OC(C)C2)CC1. The van der Waals surface area contributed by atoms with E-state index in [9.17, 15) is 13.2 Å². The van der Waals surface area contributed by atoms with Gasteiger partial charge < -0.3 is 10.1 Å². The predicted molar refractivity (Wildman–Crippen MR) is 96.3 cm³/mol. The van der Waals surface area contributed by atoms with Crippen molar-refractivity contribution >= 4 is 16.1 Å². The number of hydrogen-bond acceptors (Lipinski definition) is 5. The monoisotopic (exact) mass is 374 g/mol. The van der Waals surface area contributed by atoms with Gasteiger partial charge in [-0.2, -0.15) is 17.0 Å². The van der Waals surface area contributed by atoms with E-state index in [4.69, 9.17) is 4.74 Å². The Labute approximate surface area is 151 Å². The minimum Gasteiger partial charge on any atom is -0.373 e. The molecule has 0 saturated carbocycles. The first-order chi connectivity index (χ1) is 11.8. The van der Waals surface area contributed by atoms with Crippen LogP contribution in [0.25, 0.3) is 0 Å². The fourth-order valence-electron chi connectivity index (χ4n) is 3.29. The molecule has 2 aliphatic heterocycles. The highest BCUT2D eigenvalue weighted by Gasteiger charge is 2.37. The Balaban J connectivity index is 1.92. The number of nitrogens with one attached hydrogen (secondary N) is 1.